The lowest BCUT2D eigenvalue weighted by Crippen LogP contribution is -2.29. The summed E-state index contributed by atoms with van der Waals surface area (Å²) < 4.78 is 6.45. The van der Waals surface area contributed by atoms with E-state index in [1.165, 1.54) is 14.7 Å². The monoisotopic (exact) mass is 368 g/mol. The molecule has 0 aliphatic carbocycles. The van der Waals surface area contributed by atoms with Gasteiger partial charge in [-0.3, -0.25) is 11.3 Å². The van der Waals surface area contributed by atoms with Crippen LogP contribution >= 0.6 is 22.6 Å². The zero-order valence-electron chi connectivity index (χ0n) is 10.8. The smallest absolute Gasteiger partial charge is 0.119 e. The van der Waals surface area contributed by atoms with Crippen LogP contribution in [0.4, 0.5) is 0 Å². The van der Waals surface area contributed by atoms with Crippen LogP contribution in [-0.2, 0) is 6.42 Å². The number of nitrogens with two attached hydrogens (primary N) is 1. The minimum Gasteiger partial charge on any atom is -0.497 e. The van der Waals surface area contributed by atoms with Gasteiger partial charge in [-0.25, -0.2) is 0 Å². The molecule has 1 unspecified atom stereocenters. The number of rotatable bonds is 5. The van der Waals surface area contributed by atoms with Gasteiger partial charge in [0.25, 0.3) is 0 Å². The first kappa shape index (κ1) is 14.3. The molecular formula is C15H17IN2O. The zero-order valence-corrected chi connectivity index (χ0v) is 12.9. The van der Waals surface area contributed by atoms with Gasteiger partial charge in [-0.15, -0.1) is 0 Å². The van der Waals surface area contributed by atoms with Gasteiger partial charge in [0.2, 0.25) is 0 Å². The molecule has 0 bridgehead atoms. The second kappa shape index (κ2) is 6.88. The molecule has 4 heteroatoms. The predicted octanol–water partition coefficient (Wildman–Crippen LogP) is 3.05. The third kappa shape index (κ3) is 3.92. The number of nitrogens with one attached hydrogen (secondary N) is 1. The summed E-state index contributed by atoms with van der Waals surface area (Å²) in [5, 5.41) is 0. The normalized spacial score (nSPS) is 12.2. The van der Waals surface area contributed by atoms with Crippen LogP contribution in [0.2, 0.25) is 0 Å². The molecule has 100 valence electrons. The van der Waals surface area contributed by atoms with E-state index >= 15 is 0 Å². The highest BCUT2D eigenvalue weighted by molar-refractivity contribution is 14.1. The van der Waals surface area contributed by atoms with Gasteiger partial charge in [-0.2, -0.15) is 0 Å². The molecule has 0 aromatic heterocycles. The Kier molecular flexibility index (Phi) is 5.18. The van der Waals surface area contributed by atoms with Crippen molar-refractivity contribution in [2.24, 2.45) is 5.84 Å². The van der Waals surface area contributed by atoms with Crippen molar-refractivity contribution in [2.45, 2.75) is 12.5 Å². The molecule has 0 saturated carbocycles. The fourth-order valence-electron chi connectivity index (χ4n) is 2.03. The molecule has 0 spiro atoms. The van der Waals surface area contributed by atoms with Crippen LogP contribution in [0.5, 0.6) is 5.75 Å². The van der Waals surface area contributed by atoms with Gasteiger partial charge in [0.05, 0.1) is 13.2 Å². The van der Waals surface area contributed by atoms with E-state index in [0.29, 0.717) is 0 Å². The van der Waals surface area contributed by atoms with Gasteiger partial charge in [0.1, 0.15) is 5.75 Å². The molecule has 2 aromatic rings. The largest absolute Gasteiger partial charge is 0.497 e. The van der Waals surface area contributed by atoms with Gasteiger partial charge >= 0.3 is 0 Å². The maximum absolute atomic E-state index is 5.69. The average Bonchev–Trinajstić information content (AvgIpc) is 2.45. The average molecular weight is 368 g/mol. The fourth-order valence-corrected chi connectivity index (χ4v) is 2.60. The minimum atomic E-state index is 0.0989. The van der Waals surface area contributed by atoms with Crippen molar-refractivity contribution in [3.05, 3.63) is 63.2 Å². The third-order valence-electron chi connectivity index (χ3n) is 3.03. The molecule has 2 rings (SSSR count). The Morgan fingerprint density at radius 3 is 2.68 bits per heavy atom. The first-order valence-electron chi connectivity index (χ1n) is 6.07. The highest BCUT2D eigenvalue weighted by Gasteiger charge is 2.11. The number of methoxy groups -OCH3 is 1. The van der Waals surface area contributed by atoms with Gasteiger partial charge in [0.15, 0.2) is 0 Å². The van der Waals surface area contributed by atoms with Crippen molar-refractivity contribution in [3.8, 4) is 5.75 Å². The molecule has 3 N–H and O–H groups in total. The molecule has 3 nitrogen and oxygen atoms in total. The van der Waals surface area contributed by atoms with Crippen molar-refractivity contribution in [3.63, 3.8) is 0 Å². The first-order valence-corrected chi connectivity index (χ1v) is 7.15. The lowest BCUT2D eigenvalue weighted by molar-refractivity contribution is 0.414. The van der Waals surface area contributed by atoms with E-state index < -0.39 is 0 Å². The number of ether oxygens (including phenoxy) is 1. The van der Waals surface area contributed by atoms with Crippen molar-refractivity contribution < 1.29 is 4.74 Å². The lowest BCUT2D eigenvalue weighted by atomic mass is 9.99. The SMILES string of the molecule is COc1cccc(CC(NN)c2cccc(I)c2)c1. The summed E-state index contributed by atoms with van der Waals surface area (Å²) in [6, 6.07) is 16.5. The van der Waals surface area contributed by atoms with E-state index in [-0.39, 0.29) is 6.04 Å². The third-order valence-corrected chi connectivity index (χ3v) is 3.70. The van der Waals surface area contributed by atoms with Crippen LogP contribution in [0.3, 0.4) is 0 Å². The molecular weight excluding hydrogens is 351 g/mol. The molecule has 0 fully saturated rings. The maximum atomic E-state index is 5.69. The van der Waals surface area contributed by atoms with Crippen LogP contribution < -0.4 is 16.0 Å². The molecule has 0 amide bonds. The lowest BCUT2D eigenvalue weighted by Gasteiger charge is -2.17. The highest BCUT2D eigenvalue weighted by Crippen LogP contribution is 2.21. The summed E-state index contributed by atoms with van der Waals surface area (Å²) in [4.78, 5) is 0. The fraction of sp³-hybridized carbons (Fsp3) is 0.200. The van der Waals surface area contributed by atoms with Gasteiger partial charge in [-0.05, 0) is 64.4 Å². The topological polar surface area (TPSA) is 47.3 Å². The molecule has 0 saturated heterocycles. The Labute approximate surface area is 127 Å². The van der Waals surface area contributed by atoms with E-state index in [1.54, 1.807) is 7.11 Å². The molecule has 19 heavy (non-hydrogen) atoms. The standard InChI is InChI=1S/C15H17IN2O/c1-19-14-7-2-4-11(8-14)9-15(18-17)12-5-3-6-13(16)10-12/h2-8,10,15,18H,9,17H2,1H3. The van der Waals surface area contributed by atoms with Crippen LogP contribution in [0.25, 0.3) is 0 Å². The van der Waals surface area contributed by atoms with Crippen LogP contribution in [0.15, 0.2) is 48.5 Å². The Balaban J connectivity index is 2.18. The van der Waals surface area contributed by atoms with Gasteiger partial charge in [0, 0.05) is 3.57 Å². The van der Waals surface area contributed by atoms with E-state index in [1.807, 2.05) is 24.3 Å². The minimum absolute atomic E-state index is 0.0989. The summed E-state index contributed by atoms with van der Waals surface area (Å²) >= 11 is 2.31. The van der Waals surface area contributed by atoms with Crippen LogP contribution in [-0.4, -0.2) is 7.11 Å². The summed E-state index contributed by atoms with van der Waals surface area (Å²) in [7, 11) is 1.68. The molecule has 2 aromatic carbocycles. The van der Waals surface area contributed by atoms with Crippen molar-refractivity contribution >= 4 is 22.6 Å². The zero-order chi connectivity index (χ0) is 13.7. The van der Waals surface area contributed by atoms with E-state index in [2.05, 4.69) is 52.3 Å². The van der Waals surface area contributed by atoms with Crippen molar-refractivity contribution in [1.82, 2.24) is 5.43 Å². The molecule has 0 radical (unpaired) electrons. The van der Waals surface area contributed by atoms with E-state index in [0.717, 1.165) is 12.2 Å². The second-order valence-corrected chi connectivity index (χ2v) is 5.58. The van der Waals surface area contributed by atoms with Crippen molar-refractivity contribution in [1.29, 1.82) is 0 Å². The highest BCUT2D eigenvalue weighted by atomic mass is 127. The van der Waals surface area contributed by atoms with E-state index in [9.17, 15) is 0 Å². The van der Waals surface area contributed by atoms with Gasteiger partial charge in [-0.1, -0.05) is 24.3 Å². The molecule has 0 aliphatic rings. The first-order chi connectivity index (χ1) is 9.22. The van der Waals surface area contributed by atoms with E-state index in [4.69, 9.17) is 10.6 Å². The quantitative estimate of drug-likeness (QED) is 0.485. The second-order valence-electron chi connectivity index (χ2n) is 4.33. The summed E-state index contributed by atoms with van der Waals surface area (Å²) in [6.45, 7) is 0. The number of hydrogen-bond donors (Lipinski definition) is 2. The Hall–Kier alpha value is -1.11. The number of benzene rings is 2. The van der Waals surface area contributed by atoms with Gasteiger partial charge < -0.3 is 4.74 Å². The van der Waals surface area contributed by atoms with Crippen LogP contribution in [0, 0.1) is 3.57 Å². The van der Waals surface area contributed by atoms with Crippen molar-refractivity contribution in [2.75, 3.05) is 7.11 Å². The van der Waals surface area contributed by atoms with Crippen LogP contribution in [0.1, 0.15) is 17.2 Å². The summed E-state index contributed by atoms with van der Waals surface area (Å²) in [5.74, 6) is 6.56. The maximum Gasteiger partial charge on any atom is 0.119 e. The summed E-state index contributed by atoms with van der Waals surface area (Å²) in [5.41, 5.74) is 5.27. The Morgan fingerprint density at radius 1 is 1.21 bits per heavy atom. The molecule has 1 atom stereocenters. The number of hydrazine groups is 1. The molecule has 0 aliphatic heterocycles. The summed E-state index contributed by atoms with van der Waals surface area (Å²) in [6.07, 6.45) is 0.827. The predicted molar refractivity (Wildman–Crippen MR) is 85.9 cm³/mol. The Bertz CT molecular complexity index is 545. The molecule has 0 heterocycles. The Morgan fingerprint density at radius 2 is 2.00 bits per heavy atom. The number of hydrogen-bond acceptors (Lipinski definition) is 3. The number of halogens is 1.